The quantitative estimate of drug-likeness (QED) is 0.885. The van der Waals surface area contributed by atoms with E-state index in [0.29, 0.717) is 25.8 Å². The second-order valence-corrected chi connectivity index (χ2v) is 4.86. The summed E-state index contributed by atoms with van der Waals surface area (Å²) < 4.78 is 0. The van der Waals surface area contributed by atoms with Crippen molar-refractivity contribution in [3.05, 3.63) is 24.3 Å². The minimum absolute atomic E-state index is 0.244. The van der Waals surface area contributed by atoms with Crippen molar-refractivity contribution in [2.75, 3.05) is 13.1 Å². The van der Waals surface area contributed by atoms with Crippen LogP contribution in [0.5, 0.6) is 0 Å². The molecular weight excluding hydrogens is 246 g/mol. The van der Waals surface area contributed by atoms with E-state index in [1.54, 1.807) is 4.90 Å². The van der Waals surface area contributed by atoms with Crippen LogP contribution in [0.4, 0.5) is 0 Å². The van der Waals surface area contributed by atoms with Crippen molar-refractivity contribution in [3.8, 4) is 0 Å². The maximum atomic E-state index is 12.3. The van der Waals surface area contributed by atoms with Gasteiger partial charge in [-0.2, -0.15) is 0 Å². The third-order valence-electron chi connectivity index (χ3n) is 3.78. The van der Waals surface area contributed by atoms with Crippen molar-refractivity contribution in [1.29, 1.82) is 0 Å². The number of aromatic nitrogens is 2. The number of carboxylic acids is 1. The number of piperidine rings is 1. The third-order valence-corrected chi connectivity index (χ3v) is 3.78. The molecule has 0 aromatic carbocycles. The highest BCUT2D eigenvalue weighted by Crippen LogP contribution is 2.34. The van der Waals surface area contributed by atoms with E-state index >= 15 is 0 Å². The largest absolute Gasteiger partial charge is 0.481 e. The fourth-order valence-corrected chi connectivity index (χ4v) is 2.49. The second-order valence-electron chi connectivity index (χ2n) is 4.86. The maximum absolute atomic E-state index is 12.3. The maximum Gasteiger partial charge on any atom is 0.311 e. The SMILES string of the molecule is CCC1(C(=O)O)CCCN(C(=O)c2cnccn2)C1. The highest BCUT2D eigenvalue weighted by Gasteiger charge is 2.42. The molecule has 1 aliphatic heterocycles. The number of hydrogen-bond acceptors (Lipinski definition) is 4. The van der Waals surface area contributed by atoms with Crippen LogP contribution in [-0.2, 0) is 4.79 Å². The van der Waals surface area contributed by atoms with Gasteiger partial charge in [-0.1, -0.05) is 6.92 Å². The van der Waals surface area contributed by atoms with E-state index in [1.807, 2.05) is 6.92 Å². The summed E-state index contributed by atoms with van der Waals surface area (Å²) in [4.78, 5) is 33.1. The zero-order valence-electron chi connectivity index (χ0n) is 10.9. The van der Waals surface area contributed by atoms with Crippen LogP contribution < -0.4 is 0 Å². The van der Waals surface area contributed by atoms with Gasteiger partial charge in [0.1, 0.15) is 5.69 Å². The molecule has 1 unspecified atom stereocenters. The van der Waals surface area contributed by atoms with Crippen molar-refractivity contribution >= 4 is 11.9 Å². The van der Waals surface area contributed by atoms with Gasteiger partial charge in [-0.25, -0.2) is 4.98 Å². The van der Waals surface area contributed by atoms with Gasteiger partial charge in [0.2, 0.25) is 0 Å². The number of likely N-dealkylation sites (tertiary alicyclic amines) is 1. The molecule has 6 nitrogen and oxygen atoms in total. The monoisotopic (exact) mass is 263 g/mol. The Morgan fingerprint density at radius 1 is 1.47 bits per heavy atom. The molecule has 0 aliphatic carbocycles. The molecule has 0 saturated carbocycles. The lowest BCUT2D eigenvalue weighted by Gasteiger charge is -2.39. The summed E-state index contributed by atoms with van der Waals surface area (Å²) in [6, 6.07) is 0. The molecule has 0 spiro atoms. The first-order valence-corrected chi connectivity index (χ1v) is 6.38. The van der Waals surface area contributed by atoms with Gasteiger partial charge in [-0.3, -0.25) is 14.6 Å². The first-order chi connectivity index (χ1) is 9.09. The molecule has 1 fully saturated rings. The normalized spacial score (nSPS) is 23.1. The van der Waals surface area contributed by atoms with Crippen LogP contribution in [0.3, 0.4) is 0 Å². The predicted molar refractivity (Wildman–Crippen MR) is 67.5 cm³/mol. The second kappa shape index (κ2) is 5.34. The summed E-state index contributed by atoms with van der Waals surface area (Å²) in [5.74, 6) is -1.07. The van der Waals surface area contributed by atoms with Crippen LogP contribution in [0.1, 0.15) is 36.7 Å². The number of hydrogen-bond donors (Lipinski definition) is 1. The number of carbonyl (C=O) groups is 2. The van der Waals surface area contributed by atoms with Crippen LogP contribution in [0.15, 0.2) is 18.6 Å². The molecule has 19 heavy (non-hydrogen) atoms. The van der Waals surface area contributed by atoms with Crippen LogP contribution >= 0.6 is 0 Å². The van der Waals surface area contributed by atoms with Gasteiger partial charge < -0.3 is 10.0 Å². The minimum Gasteiger partial charge on any atom is -0.481 e. The fourth-order valence-electron chi connectivity index (χ4n) is 2.49. The van der Waals surface area contributed by atoms with E-state index < -0.39 is 11.4 Å². The molecule has 1 N–H and O–H groups in total. The molecule has 102 valence electrons. The highest BCUT2D eigenvalue weighted by atomic mass is 16.4. The number of nitrogens with zero attached hydrogens (tertiary/aromatic N) is 3. The Labute approximate surface area is 111 Å². The lowest BCUT2D eigenvalue weighted by Crippen LogP contribution is -2.49. The molecule has 1 atom stereocenters. The number of amides is 1. The Morgan fingerprint density at radius 2 is 2.26 bits per heavy atom. The lowest BCUT2D eigenvalue weighted by atomic mass is 9.77. The molecule has 0 bridgehead atoms. The van der Waals surface area contributed by atoms with Gasteiger partial charge in [0.05, 0.1) is 11.6 Å². The summed E-state index contributed by atoms with van der Waals surface area (Å²) in [7, 11) is 0. The highest BCUT2D eigenvalue weighted by molar-refractivity contribution is 5.92. The Balaban J connectivity index is 2.18. The van der Waals surface area contributed by atoms with Crippen molar-refractivity contribution in [1.82, 2.24) is 14.9 Å². The summed E-state index contributed by atoms with van der Waals surface area (Å²) >= 11 is 0. The topological polar surface area (TPSA) is 83.4 Å². The molecule has 0 radical (unpaired) electrons. The zero-order chi connectivity index (χ0) is 13.9. The first-order valence-electron chi connectivity index (χ1n) is 6.38. The minimum atomic E-state index is -0.827. The van der Waals surface area contributed by atoms with Gasteiger partial charge in [-0.15, -0.1) is 0 Å². The van der Waals surface area contributed by atoms with Crippen molar-refractivity contribution < 1.29 is 14.7 Å². The molecule has 2 heterocycles. The Morgan fingerprint density at radius 3 is 2.84 bits per heavy atom. The lowest BCUT2D eigenvalue weighted by molar-refractivity contribution is -0.152. The average molecular weight is 263 g/mol. The van der Waals surface area contributed by atoms with Gasteiger partial charge in [0.25, 0.3) is 5.91 Å². The van der Waals surface area contributed by atoms with Crippen molar-refractivity contribution in [3.63, 3.8) is 0 Å². The Bertz CT molecular complexity index is 477. The van der Waals surface area contributed by atoms with E-state index in [4.69, 9.17) is 0 Å². The molecule has 1 aromatic heterocycles. The molecule has 1 amide bonds. The summed E-state index contributed by atoms with van der Waals surface area (Å²) in [6.45, 7) is 2.67. The van der Waals surface area contributed by atoms with E-state index in [2.05, 4.69) is 9.97 Å². The van der Waals surface area contributed by atoms with Gasteiger partial charge in [0.15, 0.2) is 0 Å². The average Bonchev–Trinajstić information content (AvgIpc) is 2.47. The van der Waals surface area contributed by atoms with Gasteiger partial charge >= 0.3 is 5.97 Å². The smallest absolute Gasteiger partial charge is 0.311 e. The molecule has 1 aromatic rings. The number of carboxylic acid groups (broad SMARTS) is 1. The molecular formula is C13H17N3O3. The number of aliphatic carboxylic acids is 1. The van der Waals surface area contributed by atoms with Crippen LogP contribution in [0, 0.1) is 5.41 Å². The molecule has 2 rings (SSSR count). The summed E-state index contributed by atoms with van der Waals surface area (Å²) in [5.41, 5.74) is -0.560. The van der Waals surface area contributed by atoms with Crippen molar-refractivity contribution in [2.24, 2.45) is 5.41 Å². The first kappa shape index (κ1) is 13.5. The van der Waals surface area contributed by atoms with Crippen LogP contribution in [0.2, 0.25) is 0 Å². The molecule has 1 saturated heterocycles. The Hall–Kier alpha value is -1.98. The van der Waals surface area contributed by atoms with Crippen LogP contribution in [-0.4, -0.2) is 44.9 Å². The standard InChI is InChI=1S/C13H17N3O3/c1-2-13(12(18)19)4-3-7-16(9-13)11(17)10-8-14-5-6-15-10/h5-6,8H,2-4,7,9H2,1H3,(H,18,19). The van der Waals surface area contributed by atoms with Gasteiger partial charge in [-0.05, 0) is 19.3 Å². The van der Waals surface area contributed by atoms with Crippen LogP contribution in [0.25, 0.3) is 0 Å². The van der Waals surface area contributed by atoms with E-state index in [0.717, 1.165) is 0 Å². The predicted octanol–water partition coefficient (Wildman–Crippen LogP) is 1.19. The van der Waals surface area contributed by atoms with E-state index in [1.165, 1.54) is 18.6 Å². The Kier molecular flexibility index (Phi) is 3.78. The van der Waals surface area contributed by atoms with E-state index in [-0.39, 0.29) is 18.1 Å². The molecule has 6 heteroatoms. The number of carbonyl (C=O) groups excluding carboxylic acids is 1. The molecule has 1 aliphatic rings. The van der Waals surface area contributed by atoms with Crippen molar-refractivity contribution in [2.45, 2.75) is 26.2 Å². The van der Waals surface area contributed by atoms with Gasteiger partial charge in [0, 0.05) is 25.5 Å². The summed E-state index contributed by atoms with van der Waals surface area (Å²) in [6.07, 6.45) is 6.20. The summed E-state index contributed by atoms with van der Waals surface area (Å²) in [5, 5.41) is 9.39. The zero-order valence-corrected chi connectivity index (χ0v) is 10.9. The number of rotatable bonds is 3. The third kappa shape index (κ3) is 2.57. The van der Waals surface area contributed by atoms with E-state index in [9.17, 15) is 14.7 Å². The fraction of sp³-hybridized carbons (Fsp3) is 0.538.